The maximum atomic E-state index is 13.7. The topological polar surface area (TPSA) is 55.1 Å². The lowest BCUT2D eigenvalue weighted by atomic mass is 10.1. The first-order valence-electron chi connectivity index (χ1n) is 6.18. The molecule has 0 aliphatic carbocycles. The molecule has 0 spiro atoms. The maximum absolute atomic E-state index is 13.7. The van der Waals surface area contributed by atoms with Crippen molar-refractivity contribution in [2.24, 2.45) is 5.73 Å². The number of nitrogens with two attached hydrogens (primary N) is 1. The highest BCUT2D eigenvalue weighted by Crippen LogP contribution is 2.19. The fourth-order valence-corrected chi connectivity index (χ4v) is 1.81. The van der Waals surface area contributed by atoms with Crippen molar-refractivity contribution in [1.82, 2.24) is 0 Å². The molecular weight excluding hydrogens is 281 g/mol. The van der Waals surface area contributed by atoms with Crippen molar-refractivity contribution in [1.29, 1.82) is 0 Å². The Labute approximate surface area is 119 Å². The Morgan fingerprint density at radius 1 is 1.10 bits per heavy atom. The van der Waals surface area contributed by atoms with Crippen LogP contribution in [0, 0.1) is 24.4 Å². The Kier molecular flexibility index (Phi) is 4.28. The number of rotatable bonds is 3. The number of halogens is 3. The third-order valence-corrected chi connectivity index (χ3v) is 3.01. The molecule has 3 nitrogen and oxygen atoms in total. The van der Waals surface area contributed by atoms with Gasteiger partial charge in [0.05, 0.1) is 11.3 Å². The molecule has 0 heterocycles. The van der Waals surface area contributed by atoms with E-state index >= 15 is 0 Å². The van der Waals surface area contributed by atoms with Gasteiger partial charge in [0.25, 0.3) is 5.91 Å². The third kappa shape index (κ3) is 3.22. The number of anilines is 1. The molecule has 0 atom stereocenters. The number of benzene rings is 2. The summed E-state index contributed by atoms with van der Waals surface area (Å²) in [6.07, 6.45) is 0. The second-order valence-corrected chi connectivity index (χ2v) is 4.55. The minimum atomic E-state index is -1.01. The molecule has 1 amide bonds. The van der Waals surface area contributed by atoms with Gasteiger partial charge in [0.15, 0.2) is 0 Å². The highest BCUT2D eigenvalue weighted by atomic mass is 19.1. The van der Waals surface area contributed by atoms with Crippen molar-refractivity contribution < 1.29 is 18.0 Å². The molecule has 2 aromatic rings. The van der Waals surface area contributed by atoms with Crippen molar-refractivity contribution >= 4 is 11.6 Å². The first kappa shape index (κ1) is 15.1. The summed E-state index contributed by atoms with van der Waals surface area (Å²) in [5.41, 5.74) is 5.61. The standard InChI is InChI=1S/C15H13F3N2O/c1-8-4-10(12(17)6-11(8)16)15(21)20-14-3-2-9(7-19)5-13(14)18/h2-6H,7,19H2,1H3,(H,20,21). The predicted octanol–water partition coefficient (Wildman–Crippen LogP) is 3.12. The van der Waals surface area contributed by atoms with E-state index < -0.39 is 23.4 Å². The summed E-state index contributed by atoms with van der Waals surface area (Å²) in [5, 5.41) is 2.25. The zero-order chi connectivity index (χ0) is 15.6. The van der Waals surface area contributed by atoms with Crippen molar-refractivity contribution in [3.8, 4) is 0 Å². The number of hydrogen-bond acceptors (Lipinski definition) is 2. The second kappa shape index (κ2) is 5.97. The SMILES string of the molecule is Cc1cc(C(=O)Nc2ccc(CN)cc2F)c(F)cc1F. The van der Waals surface area contributed by atoms with E-state index in [1.165, 1.54) is 19.1 Å². The summed E-state index contributed by atoms with van der Waals surface area (Å²) in [6, 6.07) is 5.76. The van der Waals surface area contributed by atoms with Gasteiger partial charge in [-0.1, -0.05) is 6.07 Å². The number of carbonyl (C=O) groups is 1. The molecule has 21 heavy (non-hydrogen) atoms. The average Bonchev–Trinajstić information content (AvgIpc) is 2.44. The van der Waals surface area contributed by atoms with Gasteiger partial charge < -0.3 is 11.1 Å². The van der Waals surface area contributed by atoms with Gasteiger partial charge >= 0.3 is 0 Å². The van der Waals surface area contributed by atoms with E-state index in [2.05, 4.69) is 5.32 Å². The Balaban J connectivity index is 2.28. The van der Waals surface area contributed by atoms with Crippen molar-refractivity contribution in [2.45, 2.75) is 13.5 Å². The molecule has 2 rings (SSSR count). The lowest BCUT2D eigenvalue weighted by molar-refractivity contribution is 0.102. The third-order valence-electron chi connectivity index (χ3n) is 3.01. The van der Waals surface area contributed by atoms with Gasteiger partial charge in [-0.15, -0.1) is 0 Å². The van der Waals surface area contributed by atoms with E-state index in [9.17, 15) is 18.0 Å². The Morgan fingerprint density at radius 3 is 2.43 bits per heavy atom. The van der Waals surface area contributed by atoms with Gasteiger partial charge in [-0.3, -0.25) is 4.79 Å². The van der Waals surface area contributed by atoms with E-state index in [0.717, 1.165) is 6.07 Å². The van der Waals surface area contributed by atoms with Gasteiger partial charge in [0.1, 0.15) is 17.5 Å². The monoisotopic (exact) mass is 294 g/mol. The zero-order valence-electron chi connectivity index (χ0n) is 11.2. The van der Waals surface area contributed by atoms with Crippen LogP contribution in [0.2, 0.25) is 0 Å². The number of hydrogen-bond donors (Lipinski definition) is 2. The van der Waals surface area contributed by atoms with Crippen LogP contribution < -0.4 is 11.1 Å². The smallest absolute Gasteiger partial charge is 0.258 e. The molecular formula is C15H13F3N2O. The molecule has 2 aromatic carbocycles. The van der Waals surface area contributed by atoms with Crippen LogP contribution in [-0.4, -0.2) is 5.91 Å². The summed E-state index contributed by atoms with van der Waals surface area (Å²) in [7, 11) is 0. The summed E-state index contributed by atoms with van der Waals surface area (Å²) in [6.45, 7) is 1.57. The van der Waals surface area contributed by atoms with Crippen LogP contribution in [0.5, 0.6) is 0 Å². The summed E-state index contributed by atoms with van der Waals surface area (Å²) in [5.74, 6) is -3.28. The molecule has 0 saturated carbocycles. The molecule has 0 unspecified atom stereocenters. The van der Waals surface area contributed by atoms with E-state index in [-0.39, 0.29) is 23.4 Å². The lowest BCUT2D eigenvalue weighted by Crippen LogP contribution is -2.15. The summed E-state index contributed by atoms with van der Waals surface area (Å²) in [4.78, 5) is 11.9. The maximum Gasteiger partial charge on any atom is 0.258 e. The highest BCUT2D eigenvalue weighted by Gasteiger charge is 2.16. The Hall–Kier alpha value is -2.34. The Morgan fingerprint density at radius 2 is 1.81 bits per heavy atom. The van der Waals surface area contributed by atoms with E-state index in [0.29, 0.717) is 11.6 Å². The first-order valence-corrected chi connectivity index (χ1v) is 6.18. The van der Waals surface area contributed by atoms with E-state index in [4.69, 9.17) is 5.73 Å². The molecule has 6 heteroatoms. The fraction of sp³-hybridized carbons (Fsp3) is 0.133. The molecule has 0 aromatic heterocycles. The van der Waals surface area contributed by atoms with Gasteiger partial charge in [-0.25, -0.2) is 13.2 Å². The minimum Gasteiger partial charge on any atom is -0.326 e. The van der Waals surface area contributed by atoms with Crippen LogP contribution >= 0.6 is 0 Å². The van der Waals surface area contributed by atoms with Gasteiger partial charge in [0, 0.05) is 12.6 Å². The van der Waals surface area contributed by atoms with Crippen LogP contribution in [0.1, 0.15) is 21.5 Å². The van der Waals surface area contributed by atoms with Gasteiger partial charge in [-0.2, -0.15) is 0 Å². The van der Waals surface area contributed by atoms with Crippen molar-refractivity contribution in [2.75, 3.05) is 5.32 Å². The molecule has 0 saturated heterocycles. The first-order chi connectivity index (χ1) is 9.92. The number of carbonyl (C=O) groups excluding carboxylic acids is 1. The van der Waals surface area contributed by atoms with E-state index in [1.54, 1.807) is 6.07 Å². The molecule has 0 aliphatic rings. The van der Waals surface area contributed by atoms with Gasteiger partial charge in [0.2, 0.25) is 0 Å². The van der Waals surface area contributed by atoms with Crippen LogP contribution in [0.25, 0.3) is 0 Å². The van der Waals surface area contributed by atoms with Crippen LogP contribution in [0.4, 0.5) is 18.9 Å². The zero-order valence-corrected chi connectivity index (χ0v) is 11.2. The average molecular weight is 294 g/mol. The van der Waals surface area contributed by atoms with Crippen LogP contribution in [0.15, 0.2) is 30.3 Å². The number of amides is 1. The molecule has 0 radical (unpaired) electrons. The molecule has 3 N–H and O–H groups in total. The van der Waals surface area contributed by atoms with Gasteiger partial charge in [-0.05, 0) is 36.2 Å². The Bertz CT molecular complexity index is 702. The molecule has 110 valence electrons. The van der Waals surface area contributed by atoms with Crippen LogP contribution in [-0.2, 0) is 6.54 Å². The highest BCUT2D eigenvalue weighted by molar-refractivity contribution is 6.04. The molecule has 0 bridgehead atoms. The second-order valence-electron chi connectivity index (χ2n) is 4.55. The molecule has 0 aliphatic heterocycles. The molecule has 0 fully saturated rings. The quantitative estimate of drug-likeness (QED) is 0.913. The summed E-state index contributed by atoms with van der Waals surface area (Å²) >= 11 is 0. The fourth-order valence-electron chi connectivity index (χ4n) is 1.81. The van der Waals surface area contributed by atoms with E-state index in [1.807, 2.05) is 0 Å². The minimum absolute atomic E-state index is 0.0985. The van der Waals surface area contributed by atoms with Crippen LogP contribution in [0.3, 0.4) is 0 Å². The lowest BCUT2D eigenvalue weighted by Gasteiger charge is -2.09. The number of nitrogens with one attached hydrogen (secondary N) is 1. The predicted molar refractivity (Wildman–Crippen MR) is 73.3 cm³/mol. The largest absolute Gasteiger partial charge is 0.326 e. The van der Waals surface area contributed by atoms with Crippen molar-refractivity contribution in [3.63, 3.8) is 0 Å². The van der Waals surface area contributed by atoms with Crippen molar-refractivity contribution in [3.05, 3.63) is 64.5 Å². The number of aryl methyl sites for hydroxylation is 1. The summed E-state index contributed by atoms with van der Waals surface area (Å²) < 4.78 is 40.5. The normalized spacial score (nSPS) is 10.5.